The Kier molecular flexibility index (Phi) is 2.11. The lowest BCUT2D eigenvalue weighted by Gasteiger charge is -2.14. The van der Waals surface area contributed by atoms with Gasteiger partial charge in [-0.1, -0.05) is 15.9 Å². The van der Waals surface area contributed by atoms with Crippen molar-refractivity contribution in [3.63, 3.8) is 0 Å². The van der Waals surface area contributed by atoms with Gasteiger partial charge in [-0.15, -0.1) is 4.40 Å². The third kappa shape index (κ3) is 1.67. The highest BCUT2D eigenvalue weighted by Crippen LogP contribution is 2.29. The summed E-state index contributed by atoms with van der Waals surface area (Å²) in [5.41, 5.74) is 1.14. The first-order valence-corrected chi connectivity index (χ1v) is 5.95. The van der Waals surface area contributed by atoms with Gasteiger partial charge in [0.15, 0.2) is 5.75 Å². The average molecular weight is 276 g/mol. The third-order valence-corrected chi connectivity index (χ3v) is 3.16. The van der Waals surface area contributed by atoms with Crippen LogP contribution in [-0.2, 0) is 10.3 Å². The summed E-state index contributed by atoms with van der Waals surface area (Å²) >= 11 is 3.23. The molecule has 0 aliphatic carbocycles. The maximum Gasteiger partial charge on any atom is 0.428 e. The van der Waals surface area contributed by atoms with E-state index in [0.717, 1.165) is 4.47 Å². The normalized spacial score (nSPS) is 18.0. The zero-order valence-corrected chi connectivity index (χ0v) is 9.59. The number of nitrogens with zero attached hydrogens (tertiary/aromatic N) is 1. The van der Waals surface area contributed by atoms with Crippen molar-refractivity contribution in [2.75, 3.05) is 0 Å². The molecule has 0 atom stereocenters. The first-order valence-electron chi connectivity index (χ1n) is 3.79. The van der Waals surface area contributed by atoms with Crippen molar-refractivity contribution < 1.29 is 12.6 Å². The molecule has 74 valence electrons. The summed E-state index contributed by atoms with van der Waals surface area (Å²) in [5.74, 6) is 0.312. The van der Waals surface area contributed by atoms with Crippen molar-refractivity contribution in [1.29, 1.82) is 0 Å². The zero-order valence-electron chi connectivity index (χ0n) is 7.19. The lowest BCUT2D eigenvalue weighted by molar-refractivity contribution is 0.484. The van der Waals surface area contributed by atoms with Gasteiger partial charge in [-0.25, -0.2) is 0 Å². The molecule has 1 aromatic rings. The number of fused-ring (bicyclic) bond motifs is 1. The Morgan fingerprint density at radius 1 is 1.43 bits per heavy atom. The van der Waals surface area contributed by atoms with Gasteiger partial charge in [0.25, 0.3) is 0 Å². The minimum absolute atomic E-state index is 0.312. The summed E-state index contributed by atoms with van der Waals surface area (Å²) in [6.45, 7) is 1.63. The Balaban J connectivity index is 2.68. The van der Waals surface area contributed by atoms with Crippen LogP contribution in [0.4, 0.5) is 0 Å². The number of benzene rings is 1. The Bertz CT molecular complexity index is 521. The molecule has 4 nitrogen and oxygen atoms in total. The van der Waals surface area contributed by atoms with E-state index < -0.39 is 10.3 Å². The summed E-state index contributed by atoms with van der Waals surface area (Å²) < 4.78 is 31.1. The second kappa shape index (κ2) is 3.06. The Hall–Kier alpha value is -0.880. The van der Waals surface area contributed by atoms with Crippen LogP contribution in [0.1, 0.15) is 12.5 Å². The van der Waals surface area contributed by atoms with Gasteiger partial charge >= 0.3 is 10.3 Å². The molecule has 2 rings (SSSR count). The molecule has 1 heterocycles. The molecule has 0 fully saturated rings. The van der Waals surface area contributed by atoms with E-state index in [1.165, 1.54) is 0 Å². The van der Waals surface area contributed by atoms with Crippen molar-refractivity contribution in [3.05, 3.63) is 28.2 Å². The molecule has 0 N–H and O–H groups in total. The molecule has 1 aliphatic heterocycles. The topological polar surface area (TPSA) is 55.7 Å². The van der Waals surface area contributed by atoms with Gasteiger partial charge in [0.1, 0.15) is 0 Å². The van der Waals surface area contributed by atoms with E-state index in [9.17, 15) is 8.42 Å². The lowest BCUT2D eigenvalue weighted by Crippen LogP contribution is -2.16. The van der Waals surface area contributed by atoms with Crippen LogP contribution in [0.5, 0.6) is 5.75 Å². The standard InChI is InChI=1S/C8H6BrNO3S/c1-5-7-3-2-6(9)4-8(7)13-14(11,12)10-5/h2-4H,1H3. The van der Waals surface area contributed by atoms with Crippen LogP contribution in [0.15, 0.2) is 27.1 Å². The van der Waals surface area contributed by atoms with Crippen molar-refractivity contribution >= 4 is 31.9 Å². The van der Waals surface area contributed by atoms with Gasteiger partial charge in [-0.2, -0.15) is 8.42 Å². The minimum Gasteiger partial charge on any atom is -0.365 e. The van der Waals surface area contributed by atoms with Crippen molar-refractivity contribution in [2.45, 2.75) is 6.92 Å². The fourth-order valence-electron chi connectivity index (χ4n) is 1.21. The zero-order chi connectivity index (χ0) is 10.3. The largest absolute Gasteiger partial charge is 0.428 e. The molecular weight excluding hydrogens is 270 g/mol. The van der Waals surface area contributed by atoms with Crippen LogP contribution in [0.3, 0.4) is 0 Å². The van der Waals surface area contributed by atoms with E-state index in [2.05, 4.69) is 20.3 Å². The summed E-state index contributed by atoms with van der Waals surface area (Å²) in [6.07, 6.45) is 0. The van der Waals surface area contributed by atoms with Gasteiger partial charge in [0.2, 0.25) is 0 Å². The number of halogens is 1. The van der Waals surface area contributed by atoms with E-state index in [1.807, 2.05) is 0 Å². The van der Waals surface area contributed by atoms with Crippen LogP contribution < -0.4 is 4.18 Å². The maximum absolute atomic E-state index is 11.1. The quantitative estimate of drug-likeness (QED) is 0.727. The van der Waals surface area contributed by atoms with Gasteiger partial charge in [-0.3, -0.25) is 0 Å². The molecule has 0 aromatic heterocycles. The highest BCUT2D eigenvalue weighted by molar-refractivity contribution is 9.10. The molecule has 0 radical (unpaired) electrons. The summed E-state index contributed by atoms with van der Waals surface area (Å²) in [4.78, 5) is 0. The Morgan fingerprint density at radius 3 is 2.86 bits per heavy atom. The fraction of sp³-hybridized carbons (Fsp3) is 0.125. The number of hydrogen-bond acceptors (Lipinski definition) is 3. The van der Waals surface area contributed by atoms with Gasteiger partial charge in [0, 0.05) is 10.0 Å². The SMILES string of the molecule is CC1=NS(=O)(=O)Oc2cc(Br)ccc21. The second-order valence-corrected chi connectivity index (χ2v) is 4.95. The van der Waals surface area contributed by atoms with Crippen LogP contribution in [0.25, 0.3) is 0 Å². The molecule has 0 saturated heterocycles. The van der Waals surface area contributed by atoms with E-state index >= 15 is 0 Å². The minimum atomic E-state index is -3.79. The van der Waals surface area contributed by atoms with Crippen LogP contribution in [-0.4, -0.2) is 14.1 Å². The number of hydrogen-bond donors (Lipinski definition) is 0. The van der Waals surface area contributed by atoms with Gasteiger partial charge in [-0.05, 0) is 25.1 Å². The maximum atomic E-state index is 11.1. The summed E-state index contributed by atoms with van der Waals surface area (Å²) in [5, 5.41) is 0. The smallest absolute Gasteiger partial charge is 0.365 e. The highest BCUT2D eigenvalue weighted by Gasteiger charge is 2.22. The van der Waals surface area contributed by atoms with Gasteiger partial charge < -0.3 is 4.18 Å². The van der Waals surface area contributed by atoms with Crippen molar-refractivity contribution in [1.82, 2.24) is 0 Å². The molecule has 0 saturated carbocycles. The molecule has 0 bridgehead atoms. The molecule has 0 spiro atoms. The highest BCUT2D eigenvalue weighted by atomic mass is 79.9. The summed E-state index contributed by atoms with van der Waals surface area (Å²) in [7, 11) is -3.79. The summed E-state index contributed by atoms with van der Waals surface area (Å²) in [6, 6.07) is 5.16. The number of rotatable bonds is 0. The van der Waals surface area contributed by atoms with E-state index in [4.69, 9.17) is 4.18 Å². The predicted molar refractivity (Wildman–Crippen MR) is 55.9 cm³/mol. The molecule has 1 aromatic carbocycles. The monoisotopic (exact) mass is 275 g/mol. The van der Waals surface area contributed by atoms with E-state index in [1.54, 1.807) is 25.1 Å². The first kappa shape index (κ1) is 9.67. The fourth-order valence-corrected chi connectivity index (χ4v) is 2.39. The molecule has 0 unspecified atom stereocenters. The lowest BCUT2D eigenvalue weighted by atomic mass is 10.1. The molecule has 14 heavy (non-hydrogen) atoms. The Morgan fingerprint density at radius 2 is 2.14 bits per heavy atom. The van der Waals surface area contributed by atoms with Crippen LogP contribution >= 0.6 is 15.9 Å². The third-order valence-electron chi connectivity index (χ3n) is 1.78. The molecule has 1 aliphatic rings. The first-order chi connectivity index (χ1) is 6.48. The Labute approximate surface area is 90.0 Å². The molecule has 0 amide bonds. The van der Waals surface area contributed by atoms with E-state index in [-0.39, 0.29) is 0 Å². The van der Waals surface area contributed by atoms with Crippen LogP contribution in [0.2, 0.25) is 0 Å². The predicted octanol–water partition coefficient (Wildman–Crippen LogP) is 1.90. The van der Waals surface area contributed by atoms with E-state index in [0.29, 0.717) is 17.0 Å². The molecular formula is C8H6BrNO3S. The average Bonchev–Trinajstić information content (AvgIpc) is 2.00. The molecule has 6 heteroatoms. The van der Waals surface area contributed by atoms with Crippen molar-refractivity contribution in [2.24, 2.45) is 4.40 Å². The van der Waals surface area contributed by atoms with Gasteiger partial charge in [0.05, 0.1) is 5.71 Å². The second-order valence-electron chi connectivity index (χ2n) is 2.83. The van der Waals surface area contributed by atoms with Crippen molar-refractivity contribution in [3.8, 4) is 5.75 Å². The van der Waals surface area contributed by atoms with Crippen LogP contribution in [0, 0.1) is 0 Å².